The summed E-state index contributed by atoms with van der Waals surface area (Å²) in [5.74, 6) is 3.15. The van der Waals surface area contributed by atoms with Crippen molar-refractivity contribution in [2.75, 3.05) is 53.8 Å². The zero-order valence-corrected chi connectivity index (χ0v) is 22.0. The number of Topliss-reactive ketones (excluding diaryl/α,β-unsaturated/α-hetero) is 1. The topological polar surface area (TPSA) is 83.3 Å². The number of aryl methyl sites for hydroxylation is 1. The van der Waals surface area contributed by atoms with E-state index in [-0.39, 0.29) is 5.78 Å². The number of ether oxygens (including phenoxy) is 4. The van der Waals surface area contributed by atoms with Gasteiger partial charge in [0.15, 0.2) is 17.3 Å². The smallest absolute Gasteiger partial charge is 0.203 e. The van der Waals surface area contributed by atoms with Crippen molar-refractivity contribution in [3.8, 4) is 23.0 Å². The van der Waals surface area contributed by atoms with Gasteiger partial charge in [0.25, 0.3) is 0 Å². The lowest BCUT2D eigenvalue weighted by Gasteiger charge is -2.32. The molecule has 0 spiro atoms. The Bertz CT molecular complexity index is 1010. The summed E-state index contributed by atoms with van der Waals surface area (Å²) in [7, 11) is 6.45. The third kappa shape index (κ3) is 6.73. The molecule has 0 amide bonds. The molecule has 1 saturated heterocycles. The predicted octanol–water partition coefficient (Wildman–Crippen LogP) is 5.26. The highest BCUT2D eigenvalue weighted by molar-refractivity contribution is 6.33. The fourth-order valence-corrected chi connectivity index (χ4v) is 4.94. The number of nitrogens with zero attached hydrogens (tertiary/aromatic N) is 1. The molecule has 1 aliphatic rings. The van der Waals surface area contributed by atoms with Crippen LogP contribution in [0.1, 0.15) is 48.0 Å². The highest BCUT2D eigenvalue weighted by Crippen LogP contribution is 2.40. The van der Waals surface area contributed by atoms with Gasteiger partial charge in [0.05, 0.1) is 44.7 Å². The number of piperidine rings is 1. The van der Waals surface area contributed by atoms with Gasteiger partial charge in [-0.1, -0.05) is 17.7 Å². The normalized spacial score (nSPS) is 14.5. The number of nitrogen functional groups attached to an aromatic ring is 1. The molecule has 192 valence electrons. The zero-order chi connectivity index (χ0) is 25.4. The number of hydrogen-bond acceptors (Lipinski definition) is 7. The van der Waals surface area contributed by atoms with E-state index < -0.39 is 0 Å². The van der Waals surface area contributed by atoms with E-state index in [0.717, 1.165) is 63.1 Å². The first-order chi connectivity index (χ1) is 16.9. The van der Waals surface area contributed by atoms with E-state index in [4.69, 9.17) is 36.3 Å². The van der Waals surface area contributed by atoms with Gasteiger partial charge in [0.2, 0.25) is 5.75 Å². The van der Waals surface area contributed by atoms with Gasteiger partial charge in [-0.15, -0.1) is 0 Å². The van der Waals surface area contributed by atoms with Crippen LogP contribution in [-0.4, -0.2) is 58.8 Å². The average molecular weight is 505 g/mol. The lowest BCUT2D eigenvalue weighted by Crippen LogP contribution is -2.34. The molecule has 3 rings (SSSR count). The van der Waals surface area contributed by atoms with Gasteiger partial charge in [0, 0.05) is 12.5 Å². The molecular formula is C27H37ClN2O5. The Kier molecular flexibility index (Phi) is 9.93. The minimum Gasteiger partial charge on any atom is -0.496 e. The summed E-state index contributed by atoms with van der Waals surface area (Å²) in [6, 6.07) is 7.21. The minimum atomic E-state index is 0.0510. The second kappa shape index (κ2) is 12.9. The number of halogens is 1. The van der Waals surface area contributed by atoms with Crippen molar-refractivity contribution >= 4 is 23.1 Å². The SMILES string of the molecule is COc1cc(N)c(Cl)cc1C(=O)CCC1CCN(CCCc2ccc(OC)c(OC)c2OC)CC1. The van der Waals surface area contributed by atoms with Crippen LogP contribution in [-0.2, 0) is 6.42 Å². The lowest BCUT2D eigenvalue weighted by atomic mass is 9.90. The maximum atomic E-state index is 12.8. The van der Waals surface area contributed by atoms with E-state index in [1.165, 1.54) is 7.11 Å². The van der Waals surface area contributed by atoms with Crippen molar-refractivity contribution in [1.29, 1.82) is 0 Å². The summed E-state index contributed by atoms with van der Waals surface area (Å²) >= 11 is 6.12. The number of carbonyl (C=O) groups is 1. The van der Waals surface area contributed by atoms with Crippen molar-refractivity contribution in [3.63, 3.8) is 0 Å². The van der Waals surface area contributed by atoms with Crippen LogP contribution in [0.2, 0.25) is 5.02 Å². The van der Waals surface area contributed by atoms with Gasteiger partial charge in [-0.05, 0) is 75.4 Å². The quantitative estimate of drug-likeness (QED) is 0.311. The number of anilines is 1. The molecule has 8 heteroatoms. The summed E-state index contributed by atoms with van der Waals surface area (Å²) in [5, 5.41) is 0.383. The van der Waals surface area contributed by atoms with Crippen LogP contribution >= 0.6 is 11.6 Å². The second-order valence-corrected chi connectivity index (χ2v) is 9.33. The molecule has 0 aromatic heterocycles. The first-order valence-electron chi connectivity index (χ1n) is 12.1. The molecule has 7 nitrogen and oxygen atoms in total. The Morgan fingerprint density at radius 1 is 1.00 bits per heavy atom. The molecule has 0 radical (unpaired) electrons. The van der Waals surface area contributed by atoms with Crippen LogP contribution in [0.15, 0.2) is 24.3 Å². The highest BCUT2D eigenvalue weighted by Gasteiger charge is 2.22. The fraction of sp³-hybridized carbons (Fsp3) is 0.519. The number of ketones is 1. The van der Waals surface area contributed by atoms with Crippen molar-refractivity contribution < 1.29 is 23.7 Å². The van der Waals surface area contributed by atoms with Crippen LogP contribution in [0.5, 0.6) is 23.0 Å². The van der Waals surface area contributed by atoms with E-state index in [0.29, 0.717) is 45.9 Å². The van der Waals surface area contributed by atoms with Crippen LogP contribution < -0.4 is 24.7 Å². The monoisotopic (exact) mass is 504 g/mol. The molecule has 0 unspecified atom stereocenters. The summed E-state index contributed by atoms with van der Waals surface area (Å²) < 4.78 is 21.8. The van der Waals surface area contributed by atoms with Crippen LogP contribution in [0.25, 0.3) is 0 Å². The summed E-state index contributed by atoms with van der Waals surface area (Å²) in [6.07, 6.45) is 5.51. The molecule has 1 aliphatic heterocycles. The molecule has 35 heavy (non-hydrogen) atoms. The molecule has 0 bridgehead atoms. The number of methoxy groups -OCH3 is 4. The Labute approximate surface area is 213 Å². The maximum Gasteiger partial charge on any atom is 0.203 e. The molecular weight excluding hydrogens is 468 g/mol. The standard InChI is InChI=1S/C27H37ClN2O5/c1-32-24-10-8-19(26(34-3)27(24)35-4)6-5-13-30-14-11-18(12-15-30)7-9-23(31)20-16-21(28)22(29)17-25(20)33-2/h8,10,16-18H,5-7,9,11-15,29H2,1-4H3. The predicted molar refractivity (Wildman–Crippen MR) is 140 cm³/mol. The first-order valence-corrected chi connectivity index (χ1v) is 12.5. The van der Waals surface area contributed by atoms with Gasteiger partial charge >= 0.3 is 0 Å². The molecule has 2 N–H and O–H groups in total. The fourth-order valence-electron chi connectivity index (χ4n) is 4.78. The largest absolute Gasteiger partial charge is 0.496 e. The van der Waals surface area contributed by atoms with Crippen molar-refractivity contribution in [1.82, 2.24) is 4.90 Å². The van der Waals surface area contributed by atoms with Gasteiger partial charge in [-0.25, -0.2) is 0 Å². The Balaban J connectivity index is 1.44. The van der Waals surface area contributed by atoms with Crippen LogP contribution in [0.3, 0.4) is 0 Å². The summed E-state index contributed by atoms with van der Waals surface area (Å²) in [5.41, 5.74) is 7.88. The summed E-state index contributed by atoms with van der Waals surface area (Å²) in [4.78, 5) is 15.3. The molecule has 0 atom stereocenters. The van der Waals surface area contributed by atoms with E-state index >= 15 is 0 Å². The van der Waals surface area contributed by atoms with Crippen molar-refractivity contribution in [2.45, 2.75) is 38.5 Å². The third-order valence-electron chi connectivity index (χ3n) is 6.81. The van der Waals surface area contributed by atoms with E-state index in [1.54, 1.807) is 33.5 Å². The number of hydrogen-bond donors (Lipinski definition) is 1. The Morgan fingerprint density at radius 2 is 1.69 bits per heavy atom. The second-order valence-electron chi connectivity index (χ2n) is 8.92. The van der Waals surface area contributed by atoms with E-state index in [2.05, 4.69) is 4.90 Å². The van der Waals surface area contributed by atoms with Crippen molar-refractivity contribution in [2.24, 2.45) is 5.92 Å². The van der Waals surface area contributed by atoms with Gasteiger partial charge in [-0.3, -0.25) is 4.79 Å². The van der Waals surface area contributed by atoms with E-state index in [9.17, 15) is 4.79 Å². The number of benzene rings is 2. The Morgan fingerprint density at radius 3 is 2.31 bits per heavy atom. The summed E-state index contributed by atoms with van der Waals surface area (Å²) in [6.45, 7) is 3.14. The number of likely N-dealkylation sites (tertiary alicyclic amines) is 1. The number of nitrogens with two attached hydrogens (primary N) is 1. The molecule has 0 aliphatic carbocycles. The number of rotatable bonds is 12. The van der Waals surface area contributed by atoms with Crippen molar-refractivity contribution in [3.05, 3.63) is 40.4 Å². The molecule has 2 aromatic carbocycles. The Hall–Kier alpha value is -2.64. The molecule has 1 fully saturated rings. The number of carbonyl (C=O) groups excluding carboxylic acids is 1. The van der Waals surface area contributed by atoms with Crippen LogP contribution in [0, 0.1) is 5.92 Å². The van der Waals surface area contributed by atoms with E-state index in [1.807, 2.05) is 12.1 Å². The maximum absolute atomic E-state index is 12.8. The van der Waals surface area contributed by atoms with Gasteiger partial charge < -0.3 is 29.6 Å². The van der Waals surface area contributed by atoms with Gasteiger partial charge in [-0.2, -0.15) is 0 Å². The third-order valence-corrected chi connectivity index (χ3v) is 7.14. The average Bonchev–Trinajstić information content (AvgIpc) is 2.88. The zero-order valence-electron chi connectivity index (χ0n) is 21.2. The molecule has 2 aromatic rings. The van der Waals surface area contributed by atoms with Crippen LogP contribution in [0.4, 0.5) is 5.69 Å². The lowest BCUT2D eigenvalue weighted by molar-refractivity contribution is 0.0959. The first kappa shape index (κ1) is 27.0. The van der Waals surface area contributed by atoms with Gasteiger partial charge in [0.1, 0.15) is 5.75 Å². The minimum absolute atomic E-state index is 0.0510. The molecule has 0 saturated carbocycles. The highest BCUT2D eigenvalue weighted by atomic mass is 35.5. The molecule has 1 heterocycles.